The zero-order valence-corrected chi connectivity index (χ0v) is 21.5. The van der Waals surface area contributed by atoms with Gasteiger partial charge in [0.25, 0.3) is 5.91 Å². The lowest BCUT2D eigenvalue weighted by molar-refractivity contribution is -0.123. The van der Waals surface area contributed by atoms with Crippen LogP contribution < -0.4 is 10.2 Å². The summed E-state index contributed by atoms with van der Waals surface area (Å²) >= 11 is 10.3. The molecule has 4 aromatic rings. The minimum Gasteiger partial charge on any atom is -0.481 e. The molecule has 4 rings (SSSR count). The number of carbonyl (C=O) groups excluding carboxylic acids is 1. The SMILES string of the molecule is O=C(COc1c(Br)cc(Br)cc1Br)NN=Cc1cn(Cc2ccccc2)c2ccccc12. The Hall–Kier alpha value is -2.42. The molecule has 0 aliphatic heterocycles. The van der Waals surface area contributed by atoms with Gasteiger partial charge in [0, 0.05) is 33.7 Å². The van der Waals surface area contributed by atoms with Crippen LogP contribution >= 0.6 is 47.8 Å². The van der Waals surface area contributed by atoms with Gasteiger partial charge < -0.3 is 9.30 Å². The maximum absolute atomic E-state index is 12.2. The van der Waals surface area contributed by atoms with Crippen molar-refractivity contribution in [2.24, 2.45) is 5.10 Å². The predicted octanol–water partition coefficient (Wildman–Crippen LogP) is 6.51. The van der Waals surface area contributed by atoms with E-state index in [2.05, 4.69) is 81.1 Å². The Labute approximate surface area is 210 Å². The molecule has 5 nitrogen and oxygen atoms in total. The molecule has 0 saturated carbocycles. The molecular weight excluding hydrogens is 602 g/mol. The van der Waals surface area contributed by atoms with Gasteiger partial charge in [-0.05, 0) is 55.6 Å². The minimum atomic E-state index is -0.351. The number of carbonyl (C=O) groups is 1. The summed E-state index contributed by atoms with van der Waals surface area (Å²) in [5.41, 5.74) is 5.78. The summed E-state index contributed by atoms with van der Waals surface area (Å²) in [6.07, 6.45) is 3.70. The average molecular weight is 620 g/mol. The Morgan fingerprint density at radius 2 is 1.69 bits per heavy atom. The van der Waals surface area contributed by atoms with Gasteiger partial charge in [-0.1, -0.05) is 64.5 Å². The van der Waals surface area contributed by atoms with Crippen molar-refractivity contribution in [2.45, 2.75) is 6.54 Å². The average Bonchev–Trinajstić information content (AvgIpc) is 3.11. The van der Waals surface area contributed by atoms with Crippen LogP contribution in [0, 0.1) is 0 Å². The second-order valence-electron chi connectivity index (χ2n) is 7.00. The van der Waals surface area contributed by atoms with E-state index in [1.54, 1.807) is 6.21 Å². The molecule has 8 heteroatoms. The Balaban J connectivity index is 1.43. The van der Waals surface area contributed by atoms with Gasteiger partial charge >= 0.3 is 0 Å². The molecule has 162 valence electrons. The number of amides is 1. The molecule has 1 amide bonds. The maximum atomic E-state index is 12.2. The minimum absolute atomic E-state index is 0.161. The number of benzene rings is 3. The lowest BCUT2D eigenvalue weighted by atomic mass is 10.2. The summed E-state index contributed by atoms with van der Waals surface area (Å²) in [7, 11) is 0. The van der Waals surface area contributed by atoms with Crippen LogP contribution in [0.5, 0.6) is 5.75 Å². The van der Waals surface area contributed by atoms with Crippen molar-refractivity contribution in [3.05, 3.63) is 97.5 Å². The highest BCUT2D eigenvalue weighted by Gasteiger charge is 2.11. The van der Waals surface area contributed by atoms with Crippen molar-refractivity contribution in [1.29, 1.82) is 0 Å². The monoisotopic (exact) mass is 617 g/mol. The molecule has 0 saturated heterocycles. The molecule has 0 radical (unpaired) electrons. The molecule has 0 atom stereocenters. The number of hydrogen-bond donors (Lipinski definition) is 1. The van der Waals surface area contributed by atoms with Crippen LogP contribution in [0.3, 0.4) is 0 Å². The normalized spacial score (nSPS) is 11.2. The van der Waals surface area contributed by atoms with E-state index in [4.69, 9.17) is 4.74 Å². The van der Waals surface area contributed by atoms with Crippen molar-refractivity contribution in [2.75, 3.05) is 6.61 Å². The number of rotatable bonds is 7. The van der Waals surface area contributed by atoms with Gasteiger partial charge in [-0.3, -0.25) is 4.79 Å². The Morgan fingerprint density at radius 1 is 1.00 bits per heavy atom. The van der Waals surface area contributed by atoms with E-state index in [0.29, 0.717) is 5.75 Å². The topological polar surface area (TPSA) is 55.6 Å². The van der Waals surface area contributed by atoms with Crippen molar-refractivity contribution in [1.82, 2.24) is 9.99 Å². The lowest BCUT2D eigenvalue weighted by Crippen LogP contribution is -2.24. The molecule has 0 fully saturated rings. The molecule has 0 bridgehead atoms. The van der Waals surface area contributed by atoms with Gasteiger partial charge in [0.1, 0.15) is 5.75 Å². The first kappa shape index (κ1) is 22.8. The standard InChI is InChI=1S/C24H18Br3N3O2/c25-18-10-20(26)24(21(27)11-18)32-15-23(31)29-28-12-17-14-30(13-16-6-2-1-3-7-16)22-9-5-4-8-19(17)22/h1-12,14H,13,15H2,(H,29,31). The number of ether oxygens (including phenoxy) is 1. The first-order valence-corrected chi connectivity index (χ1v) is 12.1. The first-order valence-electron chi connectivity index (χ1n) is 9.72. The van der Waals surface area contributed by atoms with Crippen molar-refractivity contribution in [3.63, 3.8) is 0 Å². The second-order valence-corrected chi connectivity index (χ2v) is 9.62. The van der Waals surface area contributed by atoms with Crippen LogP contribution in [0.2, 0.25) is 0 Å². The van der Waals surface area contributed by atoms with Gasteiger partial charge in [0.05, 0.1) is 15.2 Å². The van der Waals surface area contributed by atoms with E-state index in [9.17, 15) is 4.79 Å². The quantitative estimate of drug-likeness (QED) is 0.190. The lowest BCUT2D eigenvalue weighted by Gasteiger charge is -2.09. The first-order chi connectivity index (χ1) is 15.5. The molecular formula is C24H18Br3N3O2. The van der Waals surface area contributed by atoms with Crippen LogP contribution in [-0.2, 0) is 11.3 Å². The number of nitrogens with one attached hydrogen (secondary N) is 1. The van der Waals surface area contributed by atoms with Crippen LogP contribution in [0.25, 0.3) is 10.9 Å². The van der Waals surface area contributed by atoms with E-state index < -0.39 is 0 Å². The number of fused-ring (bicyclic) bond motifs is 1. The van der Waals surface area contributed by atoms with Crippen LogP contribution in [-0.4, -0.2) is 23.3 Å². The highest BCUT2D eigenvalue weighted by Crippen LogP contribution is 2.36. The molecule has 0 unspecified atom stereocenters. The molecule has 1 aromatic heterocycles. The molecule has 1 N–H and O–H groups in total. The van der Waals surface area contributed by atoms with Crippen molar-refractivity contribution >= 4 is 70.8 Å². The third-order valence-electron chi connectivity index (χ3n) is 4.72. The number of nitrogens with zero attached hydrogens (tertiary/aromatic N) is 2. The molecule has 0 aliphatic rings. The number of halogens is 3. The van der Waals surface area contributed by atoms with Crippen LogP contribution in [0.1, 0.15) is 11.1 Å². The van der Waals surface area contributed by atoms with E-state index in [0.717, 1.165) is 36.4 Å². The largest absolute Gasteiger partial charge is 0.481 e. The maximum Gasteiger partial charge on any atom is 0.277 e. The summed E-state index contributed by atoms with van der Waals surface area (Å²) in [5, 5.41) is 5.20. The molecule has 0 spiro atoms. The van der Waals surface area contributed by atoms with Gasteiger partial charge in [0.2, 0.25) is 0 Å². The van der Waals surface area contributed by atoms with E-state index in [1.165, 1.54) is 5.56 Å². The molecule has 1 heterocycles. The zero-order valence-electron chi connectivity index (χ0n) is 16.8. The van der Waals surface area contributed by atoms with E-state index >= 15 is 0 Å². The van der Waals surface area contributed by atoms with E-state index in [-0.39, 0.29) is 12.5 Å². The van der Waals surface area contributed by atoms with Gasteiger partial charge in [-0.2, -0.15) is 5.10 Å². The third-order valence-corrected chi connectivity index (χ3v) is 6.35. The Bertz CT molecular complexity index is 1260. The molecule has 3 aromatic carbocycles. The van der Waals surface area contributed by atoms with Crippen molar-refractivity contribution < 1.29 is 9.53 Å². The predicted molar refractivity (Wildman–Crippen MR) is 138 cm³/mol. The summed E-state index contributed by atoms with van der Waals surface area (Å²) in [6.45, 7) is 0.596. The Kier molecular flexibility index (Phi) is 7.44. The fourth-order valence-electron chi connectivity index (χ4n) is 3.30. The smallest absolute Gasteiger partial charge is 0.277 e. The number of hydrogen-bond acceptors (Lipinski definition) is 3. The van der Waals surface area contributed by atoms with Gasteiger partial charge in [0.15, 0.2) is 6.61 Å². The zero-order chi connectivity index (χ0) is 22.5. The highest BCUT2D eigenvalue weighted by molar-refractivity contribution is 9.11. The summed E-state index contributed by atoms with van der Waals surface area (Å²) < 4.78 is 10.2. The van der Waals surface area contributed by atoms with Crippen LogP contribution in [0.15, 0.2) is 91.4 Å². The summed E-state index contributed by atoms with van der Waals surface area (Å²) in [6, 6.07) is 22.1. The third kappa shape index (κ3) is 5.49. The van der Waals surface area contributed by atoms with Crippen LogP contribution in [0.4, 0.5) is 0 Å². The molecule has 0 aliphatic carbocycles. The Morgan fingerprint density at radius 3 is 2.44 bits per heavy atom. The fourth-order valence-corrected chi connectivity index (χ4v) is 5.79. The second kappa shape index (κ2) is 10.5. The fraction of sp³-hybridized carbons (Fsp3) is 0.0833. The summed E-state index contributed by atoms with van der Waals surface area (Å²) in [5.74, 6) is 0.201. The van der Waals surface area contributed by atoms with Gasteiger partial charge in [-0.15, -0.1) is 0 Å². The number of para-hydroxylation sites is 1. The van der Waals surface area contributed by atoms with Gasteiger partial charge in [-0.25, -0.2) is 5.43 Å². The highest BCUT2D eigenvalue weighted by atomic mass is 79.9. The molecule has 32 heavy (non-hydrogen) atoms. The van der Waals surface area contributed by atoms with Crippen molar-refractivity contribution in [3.8, 4) is 5.75 Å². The number of hydrazone groups is 1. The van der Waals surface area contributed by atoms with E-state index in [1.807, 2.05) is 54.7 Å². The number of aromatic nitrogens is 1. The summed E-state index contributed by atoms with van der Waals surface area (Å²) in [4.78, 5) is 12.2.